The molecular weight excluding hydrogens is 374 g/mol. The Kier molecular flexibility index (Phi) is 3.97. The average molecular weight is 398 g/mol. The fourth-order valence-corrected chi connectivity index (χ4v) is 5.50. The SMILES string of the molecule is CC1=C(c2ccccc2)C(c2ccccc2)(c2ccccc2)c2c1[nH]c1ccccc21. The first kappa shape index (κ1) is 18.0. The topological polar surface area (TPSA) is 15.8 Å². The van der Waals surface area contributed by atoms with Crippen LogP contribution >= 0.6 is 0 Å². The summed E-state index contributed by atoms with van der Waals surface area (Å²) in [4.78, 5) is 3.76. The fourth-order valence-electron chi connectivity index (χ4n) is 5.50. The van der Waals surface area contributed by atoms with Crippen molar-refractivity contribution >= 4 is 22.0 Å². The van der Waals surface area contributed by atoms with Crippen molar-refractivity contribution in [1.29, 1.82) is 0 Å². The van der Waals surface area contributed by atoms with Gasteiger partial charge >= 0.3 is 0 Å². The van der Waals surface area contributed by atoms with Crippen LogP contribution in [0.4, 0.5) is 0 Å². The molecule has 0 amide bonds. The number of para-hydroxylation sites is 1. The number of allylic oxidation sites excluding steroid dienone is 2. The smallest absolute Gasteiger partial charge is 0.0737 e. The molecule has 0 spiro atoms. The lowest BCUT2D eigenvalue weighted by Crippen LogP contribution is -2.29. The predicted octanol–water partition coefficient (Wildman–Crippen LogP) is 7.45. The van der Waals surface area contributed by atoms with Crippen molar-refractivity contribution in [2.75, 3.05) is 0 Å². The lowest BCUT2D eigenvalue weighted by atomic mass is 9.65. The van der Waals surface area contributed by atoms with E-state index < -0.39 is 0 Å². The highest BCUT2D eigenvalue weighted by Crippen LogP contribution is 2.59. The zero-order chi connectivity index (χ0) is 20.8. The summed E-state index contributed by atoms with van der Waals surface area (Å²) in [6.45, 7) is 2.27. The molecule has 4 aromatic carbocycles. The predicted molar refractivity (Wildman–Crippen MR) is 130 cm³/mol. The summed E-state index contributed by atoms with van der Waals surface area (Å²) in [5.74, 6) is 0. The molecule has 0 radical (unpaired) electrons. The molecule has 1 heteroatoms. The van der Waals surface area contributed by atoms with Gasteiger partial charge in [0.15, 0.2) is 0 Å². The van der Waals surface area contributed by atoms with Crippen LogP contribution in [0.15, 0.2) is 115 Å². The van der Waals surface area contributed by atoms with E-state index >= 15 is 0 Å². The number of aromatic amines is 1. The van der Waals surface area contributed by atoms with Gasteiger partial charge in [-0.25, -0.2) is 0 Å². The van der Waals surface area contributed by atoms with Crippen molar-refractivity contribution in [1.82, 2.24) is 4.98 Å². The van der Waals surface area contributed by atoms with Gasteiger partial charge in [-0.05, 0) is 40.8 Å². The Balaban J connectivity index is 1.84. The average Bonchev–Trinajstić information content (AvgIpc) is 3.35. The van der Waals surface area contributed by atoms with Crippen molar-refractivity contribution in [3.05, 3.63) is 143 Å². The van der Waals surface area contributed by atoms with E-state index in [0.29, 0.717) is 0 Å². The number of aromatic nitrogens is 1. The number of fused-ring (bicyclic) bond motifs is 3. The van der Waals surface area contributed by atoms with Gasteiger partial charge in [-0.2, -0.15) is 0 Å². The van der Waals surface area contributed by atoms with Gasteiger partial charge in [-0.1, -0.05) is 109 Å². The van der Waals surface area contributed by atoms with Crippen molar-refractivity contribution in [3.63, 3.8) is 0 Å². The molecule has 148 valence electrons. The van der Waals surface area contributed by atoms with Crippen LogP contribution in [0.1, 0.15) is 34.9 Å². The Bertz CT molecular complexity index is 1370. The van der Waals surface area contributed by atoms with Gasteiger partial charge in [0, 0.05) is 22.2 Å². The van der Waals surface area contributed by atoms with Crippen molar-refractivity contribution in [2.45, 2.75) is 12.3 Å². The summed E-state index contributed by atoms with van der Waals surface area (Å²) in [5, 5.41) is 1.29. The lowest BCUT2D eigenvalue weighted by Gasteiger charge is -2.36. The van der Waals surface area contributed by atoms with Gasteiger partial charge in [0.25, 0.3) is 0 Å². The largest absolute Gasteiger partial charge is 0.355 e. The summed E-state index contributed by atoms with van der Waals surface area (Å²) in [5.41, 5.74) is 9.93. The lowest BCUT2D eigenvalue weighted by molar-refractivity contribution is 0.822. The molecule has 0 bridgehead atoms. The normalized spacial score (nSPS) is 14.7. The van der Waals surface area contributed by atoms with Gasteiger partial charge in [-0.15, -0.1) is 0 Å². The van der Waals surface area contributed by atoms with Crippen LogP contribution in [-0.4, -0.2) is 4.98 Å². The minimum atomic E-state index is -0.386. The van der Waals surface area contributed by atoms with E-state index in [9.17, 15) is 0 Å². The second kappa shape index (κ2) is 6.85. The third-order valence-electron chi connectivity index (χ3n) is 6.68. The second-order valence-corrected chi connectivity index (χ2v) is 8.27. The summed E-state index contributed by atoms with van der Waals surface area (Å²) in [6, 6.07) is 41.5. The van der Waals surface area contributed by atoms with Crippen LogP contribution in [-0.2, 0) is 5.41 Å². The van der Waals surface area contributed by atoms with E-state index in [1.54, 1.807) is 0 Å². The van der Waals surface area contributed by atoms with Gasteiger partial charge in [0.05, 0.1) is 5.41 Å². The molecule has 1 heterocycles. The van der Waals surface area contributed by atoms with Crippen LogP contribution in [0.3, 0.4) is 0 Å². The van der Waals surface area contributed by atoms with Crippen molar-refractivity contribution in [2.24, 2.45) is 0 Å². The van der Waals surface area contributed by atoms with Crippen LogP contribution in [0.2, 0.25) is 0 Å². The maximum atomic E-state index is 3.76. The highest BCUT2D eigenvalue weighted by Gasteiger charge is 2.49. The quantitative estimate of drug-likeness (QED) is 0.325. The molecule has 0 atom stereocenters. The molecule has 0 aliphatic heterocycles. The zero-order valence-electron chi connectivity index (χ0n) is 17.5. The molecule has 0 unspecified atom stereocenters. The van der Waals surface area contributed by atoms with E-state index in [4.69, 9.17) is 0 Å². The molecule has 1 aliphatic rings. The van der Waals surface area contributed by atoms with Gasteiger partial charge in [0.1, 0.15) is 0 Å². The first-order valence-corrected chi connectivity index (χ1v) is 10.8. The van der Waals surface area contributed by atoms with Crippen LogP contribution in [0, 0.1) is 0 Å². The van der Waals surface area contributed by atoms with E-state index in [1.165, 1.54) is 50.0 Å². The first-order valence-electron chi connectivity index (χ1n) is 10.8. The standard InChI is InChI=1S/C30H23N/c1-21-27(22-13-5-2-6-14-22)30(23-15-7-3-8-16-23,24-17-9-4-10-18-24)28-25-19-11-12-20-26(25)31-29(21)28/h2-20,31H,1H3. The monoisotopic (exact) mass is 397 g/mol. The Hall–Kier alpha value is -3.84. The third kappa shape index (κ3) is 2.44. The summed E-state index contributed by atoms with van der Waals surface area (Å²) in [6.07, 6.45) is 0. The highest BCUT2D eigenvalue weighted by atomic mass is 14.8. The van der Waals surface area contributed by atoms with E-state index in [-0.39, 0.29) is 5.41 Å². The van der Waals surface area contributed by atoms with Crippen LogP contribution < -0.4 is 0 Å². The molecular formula is C30H23N. The Morgan fingerprint density at radius 2 is 1.10 bits per heavy atom. The minimum absolute atomic E-state index is 0.386. The summed E-state index contributed by atoms with van der Waals surface area (Å²) >= 11 is 0. The number of H-pyrrole nitrogens is 1. The van der Waals surface area contributed by atoms with Crippen molar-refractivity contribution in [3.8, 4) is 0 Å². The second-order valence-electron chi connectivity index (χ2n) is 8.27. The van der Waals surface area contributed by atoms with E-state index in [0.717, 1.165) is 0 Å². The Morgan fingerprint density at radius 3 is 1.71 bits per heavy atom. The molecule has 6 rings (SSSR count). The van der Waals surface area contributed by atoms with Crippen molar-refractivity contribution < 1.29 is 0 Å². The number of hydrogen-bond donors (Lipinski definition) is 1. The van der Waals surface area contributed by atoms with Crippen LogP contribution in [0.25, 0.3) is 22.0 Å². The number of hydrogen-bond acceptors (Lipinski definition) is 0. The maximum absolute atomic E-state index is 3.76. The number of benzene rings is 4. The molecule has 0 saturated carbocycles. The number of rotatable bonds is 3. The zero-order valence-corrected chi connectivity index (χ0v) is 17.5. The Labute approximate surface area is 182 Å². The molecule has 31 heavy (non-hydrogen) atoms. The molecule has 0 saturated heterocycles. The molecule has 0 fully saturated rings. The molecule has 5 aromatic rings. The summed E-state index contributed by atoms with van der Waals surface area (Å²) in [7, 11) is 0. The van der Waals surface area contributed by atoms with Gasteiger partial charge < -0.3 is 4.98 Å². The fraction of sp³-hybridized carbons (Fsp3) is 0.0667. The first-order chi connectivity index (χ1) is 15.3. The Morgan fingerprint density at radius 1 is 0.581 bits per heavy atom. The highest BCUT2D eigenvalue weighted by molar-refractivity contribution is 6.10. The number of nitrogens with one attached hydrogen (secondary N) is 1. The molecule has 1 aromatic heterocycles. The molecule has 1 nitrogen and oxygen atoms in total. The minimum Gasteiger partial charge on any atom is -0.355 e. The van der Waals surface area contributed by atoms with E-state index in [1.807, 2.05) is 0 Å². The van der Waals surface area contributed by atoms with E-state index in [2.05, 4.69) is 127 Å². The van der Waals surface area contributed by atoms with Gasteiger partial charge in [-0.3, -0.25) is 0 Å². The maximum Gasteiger partial charge on any atom is 0.0737 e. The van der Waals surface area contributed by atoms with Gasteiger partial charge in [0.2, 0.25) is 0 Å². The third-order valence-corrected chi connectivity index (χ3v) is 6.68. The van der Waals surface area contributed by atoms with Crippen LogP contribution in [0.5, 0.6) is 0 Å². The molecule has 1 N–H and O–H groups in total. The summed E-state index contributed by atoms with van der Waals surface area (Å²) < 4.78 is 0. The molecule has 1 aliphatic carbocycles.